The number of aromatic nitrogens is 1. The lowest BCUT2D eigenvalue weighted by Gasteiger charge is -2.35. The molecule has 5 nitrogen and oxygen atoms in total. The van der Waals surface area contributed by atoms with Crippen molar-refractivity contribution in [3.63, 3.8) is 0 Å². The van der Waals surface area contributed by atoms with E-state index in [9.17, 15) is 8.42 Å². The van der Waals surface area contributed by atoms with E-state index in [1.807, 2.05) is 11.9 Å². The molecule has 1 saturated heterocycles. The molecule has 1 unspecified atom stereocenters. The van der Waals surface area contributed by atoms with Gasteiger partial charge >= 0.3 is 0 Å². The molecule has 0 saturated carbocycles. The first kappa shape index (κ1) is 15.9. The number of thioether (sulfide) groups is 1. The Kier molecular flexibility index (Phi) is 5.17. The summed E-state index contributed by atoms with van der Waals surface area (Å²) in [5.41, 5.74) is 0.733. The van der Waals surface area contributed by atoms with Gasteiger partial charge in [0.1, 0.15) is 11.2 Å². The van der Waals surface area contributed by atoms with E-state index in [-0.39, 0.29) is 0 Å². The number of rotatable bonds is 4. The first-order valence-corrected chi connectivity index (χ1v) is 9.75. The van der Waals surface area contributed by atoms with Gasteiger partial charge in [-0.2, -0.15) is 11.8 Å². The zero-order valence-electron chi connectivity index (χ0n) is 11.5. The van der Waals surface area contributed by atoms with Gasteiger partial charge in [-0.15, -0.1) is 0 Å². The highest BCUT2D eigenvalue weighted by Crippen LogP contribution is 2.27. The summed E-state index contributed by atoms with van der Waals surface area (Å²) in [6.07, 6.45) is 1.28. The molecule has 1 aromatic heterocycles. The van der Waals surface area contributed by atoms with Gasteiger partial charge in [0.15, 0.2) is 9.84 Å². The zero-order valence-corrected chi connectivity index (χ0v) is 13.9. The number of anilines is 1. The predicted molar refractivity (Wildman–Crippen MR) is 85.3 cm³/mol. The number of halogens is 1. The third-order valence-electron chi connectivity index (χ3n) is 3.12. The number of pyridine rings is 1. The van der Waals surface area contributed by atoms with E-state index in [2.05, 4.69) is 10.3 Å². The van der Waals surface area contributed by atoms with Crippen LogP contribution in [0.4, 0.5) is 5.82 Å². The molecule has 2 heterocycles. The first-order chi connectivity index (χ1) is 9.43. The van der Waals surface area contributed by atoms with Crippen molar-refractivity contribution in [3.05, 3.63) is 22.8 Å². The highest BCUT2D eigenvalue weighted by atomic mass is 35.5. The number of nitrogens with one attached hydrogen (secondary N) is 1. The van der Waals surface area contributed by atoms with Crippen molar-refractivity contribution >= 4 is 39.0 Å². The quantitative estimate of drug-likeness (QED) is 0.897. The maximum Gasteiger partial charge on any atom is 0.169 e. The van der Waals surface area contributed by atoms with Crippen molar-refractivity contribution in [1.82, 2.24) is 10.3 Å². The largest absolute Gasteiger partial charge is 0.338 e. The fraction of sp³-hybridized carbons (Fsp3) is 0.583. The first-order valence-electron chi connectivity index (χ1n) is 6.26. The molecular weight excluding hydrogens is 318 g/mol. The summed E-state index contributed by atoms with van der Waals surface area (Å²) in [5, 5.41) is 3.08. The fourth-order valence-corrected chi connectivity index (χ4v) is 5.12. The molecule has 1 aliphatic heterocycles. The van der Waals surface area contributed by atoms with E-state index >= 15 is 0 Å². The Hall–Kier alpha value is -0.500. The molecule has 1 aromatic rings. The summed E-state index contributed by atoms with van der Waals surface area (Å²) in [6.45, 7) is 1.23. The van der Waals surface area contributed by atoms with Crippen molar-refractivity contribution in [3.8, 4) is 0 Å². The molecule has 0 aromatic carbocycles. The number of nitrogens with zero attached hydrogens (tertiary/aromatic N) is 2. The zero-order chi connectivity index (χ0) is 14.8. The molecule has 20 heavy (non-hydrogen) atoms. The molecule has 0 radical (unpaired) electrons. The second-order valence-electron chi connectivity index (χ2n) is 4.68. The molecule has 0 spiro atoms. The van der Waals surface area contributed by atoms with Crippen molar-refractivity contribution in [1.29, 1.82) is 0 Å². The molecule has 2 rings (SSSR count). The molecule has 1 atom stereocenters. The minimum absolute atomic E-state index is 0.516. The smallest absolute Gasteiger partial charge is 0.169 e. The molecule has 0 aliphatic carbocycles. The second kappa shape index (κ2) is 6.51. The van der Waals surface area contributed by atoms with Crippen LogP contribution in [0.15, 0.2) is 12.1 Å². The van der Waals surface area contributed by atoms with Gasteiger partial charge in [-0.1, -0.05) is 11.6 Å². The van der Waals surface area contributed by atoms with Gasteiger partial charge in [-0.05, 0) is 19.2 Å². The number of hydrogen-bond acceptors (Lipinski definition) is 6. The summed E-state index contributed by atoms with van der Waals surface area (Å²) in [6, 6.07) is 3.56. The molecular formula is C12H18ClN3O2S2. The predicted octanol–water partition coefficient (Wildman–Crippen LogP) is 1.38. The maximum atomic E-state index is 11.9. The van der Waals surface area contributed by atoms with E-state index in [4.69, 9.17) is 11.6 Å². The van der Waals surface area contributed by atoms with Crippen LogP contribution in [-0.2, 0) is 16.4 Å². The average Bonchev–Trinajstić information content (AvgIpc) is 2.41. The van der Waals surface area contributed by atoms with E-state index in [1.165, 1.54) is 6.26 Å². The number of sulfone groups is 1. The minimum Gasteiger partial charge on any atom is -0.338 e. The molecule has 8 heteroatoms. The van der Waals surface area contributed by atoms with Gasteiger partial charge in [-0.25, -0.2) is 13.4 Å². The van der Waals surface area contributed by atoms with E-state index < -0.39 is 15.2 Å². The Morgan fingerprint density at radius 3 is 2.95 bits per heavy atom. The summed E-state index contributed by atoms with van der Waals surface area (Å²) in [7, 11) is -1.32. The Morgan fingerprint density at radius 1 is 1.55 bits per heavy atom. The van der Waals surface area contributed by atoms with Gasteiger partial charge in [0.25, 0.3) is 0 Å². The molecule has 1 fully saturated rings. The van der Waals surface area contributed by atoms with Gasteiger partial charge in [-0.3, -0.25) is 0 Å². The van der Waals surface area contributed by atoms with Gasteiger partial charge in [0.2, 0.25) is 0 Å². The van der Waals surface area contributed by atoms with Crippen molar-refractivity contribution in [2.75, 3.05) is 36.3 Å². The third kappa shape index (κ3) is 3.58. The molecule has 1 N–H and O–H groups in total. The van der Waals surface area contributed by atoms with Crippen LogP contribution in [0, 0.1) is 0 Å². The lowest BCUT2D eigenvalue weighted by atomic mass is 10.3. The maximum absolute atomic E-state index is 11.9. The summed E-state index contributed by atoms with van der Waals surface area (Å²) < 4.78 is 23.9. The van der Waals surface area contributed by atoms with Crippen LogP contribution >= 0.6 is 23.4 Å². The molecule has 112 valence electrons. The van der Waals surface area contributed by atoms with Crippen LogP contribution in [0.5, 0.6) is 0 Å². The Morgan fingerprint density at radius 2 is 2.30 bits per heavy atom. The fourth-order valence-electron chi connectivity index (χ4n) is 2.12. The summed E-state index contributed by atoms with van der Waals surface area (Å²) in [5.74, 6) is 2.15. The van der Waals surface area contributed by atoms with Crippen LogP contribution in [0.3, 0.4) is 0 Å². The van der Waals surface area contributed by atoms with Crippen molar-refractivity contribution in [2.24, 2.45) is 0 Å². The highest BCUT2D eigenvalue weighted by Gasteiger charge is 2.32. The van der Waals surface area contributed by atoms with Crippen LogP contribution < -0.4 is 10.2 Å². The Labute approximate surface area is 129 Å². The molecule has 0 amide bonds. The highest BCUT2D eigenvalue weighted by molar-refractivity contribution is 8.01. The SMILES string of the molecule is CNCc1nc(N2CCSCC2S(C)(=O)=O)ccc1Cl. The lowest BCUT2D eigenvalue weighted by Crippen LogP contribution is -2.47. The van der Waals surface area contributed by atoms with Crippen LogP contribution in [0.1, 0.15) is 5.69 Å². The second-order valence-corrected chi connectivity index (χ2v) is 8.44. The third-order valence-corrected chi connectivity index (χ3v) is 6.11. The van der Waals surface area contributed by atoms with Crippen LogP contribution in [0.2, 0.25) is 5.02 Å². The van der Waals surface area contributed by atoms with Gasteiger partial charge in [0.05, 0.1) is 10.7 Å². The summed E-state index contributed by atoms with van der Waals surface area (Å²) in [4.78, 5) is 6.37. The normalized spacial score (nSPS) is 20.1. The van der Waals surface area contributed by atoms with Crippen molar-refractivity contribution in [2.45, 2.75) is 11.9 Å². The van der Waals surface area contributed by atoms with Crippen molar-refractivity contribution < 1.29 is 8.42 Å². The van der Waals surface area contributed by atoms with Crippen LogP contribution in [-0.4, -0.2) is 50.1 Å². The standard InChI is InChI=1S/C12H18ClN3O2S2/c1-14-7-10-9(13)3-4-11(15-10)16-5-6-19-8-12(16)20(2,17)18/h3-4,12,14H,5-8H2,1-2H3. The number of hydrogen-bond donors (Lipinski definition) is 1. The Bertz CT molecular complexity index is 580. The lowest BCUT2D eigenvalue weighted by molar-refractivity contribution is 0.583. The summed E-state index contributed by atoms with van der Waals surface area (Å²) >= 11 is 7.76. The average molecular weight is 336 g/mol. The Balaban J connectivity index is 2.35. The van der Waals surface area contributed by atoms with Gasteiger partial charge < -0.3 is 10.2 Å². The molecule has 0 bridgehead atoms. The van der Waals surface area contributed by atoms with Gasteiger partial charge in [0, 0.05) is 30.9 Å². The molecule has 1 aliphatic rings. The van der Waals surface area contributed by atoms with E-state index in [1.54, 1.807) is 23.9 Å². The topological polar surface area (TPSA) is 62.3 Å². The van der Waals surface area contributed by atoms with E-state index in [0.29, 0.717) is 29.7 Å². The minimum atomic E-state index is -3.14. The van der Waals surface area contributed by atoms with Crippen LogP contribution in [0.25, 0.3) is 0 Å². The van der Waals surface area contributed by atoms with E-state index in [0.717, 1.165) is 11.4 Å². The monoisotopic (exact) mass is 335 g/mol.